The summed E-state index contributed by atoms with van der Waals surface area (Å²) in [5, 5.41) is 26.3. The average molecular weight is 370 g/mol. The molecule has 0 radical (unpaired) electrons. The van der Waals surface area contributed by atoms with E-state index in [0.29, 0.717) is 15.7 Å². The highest BCUT2D eigenvalue weighted by Crippen LogP contribution is 2.24. The van der Waals surface area contributed by atoms with E-state index in [1.165, 1.54) is 28.7 Å². The van der Waals surface area contributed by atoms with Crippen molar-refractivity contribution in [3.63, 3.8) is 0 Å². The molecule has 0 saturated carbocycles. The number of nitrogens with zero attached hydrogens (tertiary/aromatic N) is 5. The van der Waals surface area contributed by atoms with Gasteiger partial charge in [-0.25, -0.2) is 0 Å². The van der Waals surface area contributed by atoms with E-state index >= 15 is 0 Å². The van der Waals surface area contributed by atoms with Gasteiger partial charge >= 0.3 is 0 Å². The molecule has 0 fully saturated rings. The normalized spacial score (nSPS) is 10.4. The molecule has 9 heteroatoms. The molecule has 0 bridgehead atoms. The Morgan fingerprint density at radius 1 is 1.36 bits per heavy atom. The van der Waals surface area contributed by atoms with E-state index in [0.717, 1.165) is 11.3 Å². The van der Waals surface area contributed by atoms with Crippen LogP contribution in [0.4, 0.5) is 5.00 Å². The highest BCUT2D eigenvalue weighted by molar-refractivity contribution is 7.99. The molecule has 126 valence electrons. The minimum atomic E-state index is -0.210. The molecule has 3 aromatic rings. The molecular weight excluding hydrogens is 356 g/mol. The number of carbonyl (C=O) groups is 1. The van der Waals surface area contributed by atoms with Crippen molar-refractivity contribution in [3.8, 4) is 11.8 Å². The number of hydrogen-bond acceptors (Lipinski definition) is 7. The van der Waals surface area contributed by atoms with E-state index in [9.17, 15) is 4.79 Å². The Hall–Kier alpha value is -2.70. The number of thiophene rings is 1. The van der Waals surface area contributed by atoms with Crippen LogP contribution in [0.3, 0.4) is 0 Å². The smallest absolute Gasteiger partial charge is 0.235 e. The molecule has 0 atom stereocenters. The van der Waals surface area contributed by atoms with Gasteiger partial charge in [0.1, 0.15) is 11.1 Å². The Morgan fingerprint density at radius 3 is 2.96 bits per heavy atom. The van der Waals surface area contributed by atoms with Crippen molar-refractivity contribution >= 4 is 34.0 Å². The first kappa shape index (κ1) is 17.1. The van der Waals surface area contributed by atoms with E-state index in [-0.39, 0.29) is 11.7 Å². The van der Waals surface area contributed by atoms with Crippen LogP contribution in [0.15, 0.2) is 34.8 Å². The maximum Gasteiger partial charge on any atom is 0.235 e. The second-order valence-corrected chi connectivity index (χ2v) is 7.11. The van der Waals surface area contributed by atoms with Crippen LogP contribution in [0.25, 0.3) is 5.69 Å². The fraction of sp³-hybridized carbons (Fsp3) is 0.188. The molecule has 3 rings (SSSR count). The number of tetrazole rings is 1. The van der Waals surface area contributed by atoms with Crippen molar-refractivity contribution in [2.24, 2.45) is 0 Å². The Labute approximate surface area is 152 Å². The van der Waals surface area contributed by atoms with Gasteiger partial charge in [0.25, 0.3) is 0 Å². The number of amides is 1. The third kappa shape index (κ3) is 3.87. The molecule has 25 heavy (non-hydrogen) atoms. The summed E-state index contributed by atoms with van der Waals surface area (Å²) < 4.78 is 1.61. The van der Waals surface area contributed by atoms with Gasteiger partial charge in [-0.15, -0.1) is 16.4 Å². The zero-order valence-corrected chi connectivity index (χ0v) is 15.2. The van der Waals surface area contributed by atoms with Crippen molar-refractivity contribution in [1.29, 1.82) is 5.26 Å². The van der Waals surface area contributed by atoms with E-state index < -0.39 is 0 Å². The minimum absolute atomic E-state index is 0.147. The number of hydrogen-bond donors (Lipinski definition) is 1. The standard InChI is InChI=1S/C16H14N6OS2/c1-10-3-4-13(7-11(10)2)22-16(19-20-21-22)25-9-14(23)18-15-12(8-17)5-6-24-15/h3-7H,9H2,1-2H3,(H,18,23). The predicted octanol–water partition coefficient (Wildman–Crippen LogP) is 2.94. The van der Waals surface area contributed by atoms with Crippen molar-refractivity contribution in [2.75, 3.05) is 11.1 Å². The summed E-state index contributed by atoms with van der Waals surface area (Å²) in [6.45, 7) is 4.07. The molecule has 0 saturated heterocycles. The van der Waals surface area contributed by atoms with Gasteiger partial charge in [0.05, 0.1) is 17.0 Å². The number of benzene rings is 1. The highest BCUT2D eigenvalue weighted by atomic mass is 32.2. The zero-order valence-electron chi connectivity index (χ0n) is 13.6. The highest BCUT2D eigenvalue weighted by Gasteiger charge is 2.13. The average Bonchev–Trinajstić information content (AvgIpc) is 3.24. The number of aryl methyl sites for hydroxylation is 2. The molecule has 2 heterocycles. The first-order valence-electron chi connectivity index (χ1n) is 7.34. The summed E-state index contributed by atoms with van der Waals surface area (Å²) in [4.78, 5) is 12.1. The van der Waals surface area contributed by atoms with Crippen molar-refractivity contribution in [1.82, 2.24) is 20.2 Å². The lowest BCUT2D eigenvalue weighted by Crippen LogP contribution is -2.14. The lowest BCUT2D eigenvalue weighted by Gasteiger charge is -2.07. The molecule has 0 aliphatic rings. The summed E-state index contributed by atoms with van der Waals surface area (Å²) >= 11 is 2.56. The molecular formula is C16H14N6OS2. The van der Waals surface area contributed by atoms with Gasteiger partial charge in [-0.3, -0.25) is 4.79 Å². The van der Waals surface area contributed by atoms with Gasteiger partial charge in [-0.2, -0.15) is 9.94 Å². The van der Waals surface area contributed by atoms with E-state index in [1.54, 1.807) is 16.1 Å². The lowest BCUT2D eigenvalue weighted by molar-refractivity contribution is -0.113. The molecule has 7 nitrogen and oxygen atoms in total. The third-order valence-electron chi connectivity index (χ3n) is 3.55. The first-order chi connectivity index (χ1) is 12.1. The van der Waals surface area contributed by atoms with Crippen LogP contribution < -0.4 is 5.32 Å². The fourth-order valence-corrected chi connectivity index (χ4v) is 3.52. The molecule has 1 amide bonds. The predicted molar refractivity (Wildman–Crippen MR) is 97.0 cm³/mol. The topological polar surface area (TPSA) is 96.5 Å². The summed E-state index contributed by atoms with van der Waals surface area (Å²) in [5.74, 6) is -0.0628. The van der Waals surface area contributed by atoms with Crippen LogP contribution in [0.5, 0.6) is 0 Å². The van der Waals surface area contributed by atoms with Crippen LogP contribution in [0.1, 0.15) is 16.7 Å². The van der Waals surface area contributed by atoms with Gasteiger partial charge < -0.3 is 5.32 Å². The number of nitriles is 1. The molecule has 2 aromatic heterocycles. The number of anilines is 1. The second kappa shape index (κ2) is 7.46. The molecule has 0 aliphatic heterocycles. The molecule has 1 N–H and O–H groups in total. The van der Waals surface area contributed by atoms with Crippen molar-refractivity contribution in [3.05, 3.63) is 46.3 Å². The number of aromatic nitrogens is 4. The van der Waals surface area contributed by atoms with Gasteiger partial charge in [-0.1, -0.05) is 17.8 Å². The number of nitrogens with one attached hydrogen (secondary N) is 1. The number of rotatable bonds is 5. The quantitative estimate of drug-likeness (QED) is 0.694. The fourth-order valence-electron chi connectivity index (χ4n) is 2.08. The van der Waals surface area contributed by atoms with Gasteiger partial charge in [0, 0.05) is 0 Å². The number of carbonyl (C=O) groups excluding carboxylic acids is 1. The largest absolute Gasteiger partial charge is 0.316 e. The van der Waals surface area contributed by atoms with Gasteiger partial charge in [-0.05, 0) is 59.0 Å². The summed E-state index contributed by atoms with van der Waals surface area (Å²) in [6, 6.07) is 9.66. The van der Waals surface area contributed by atoms with Crippen LogP contribution in [-0.4, -0.2) is 31.9 Å². The monoisotopic (exact) mass is 370 g/mol. The SMILES string of the molecule is Cc1ccc(-n2nnnc2SCC(=O)Nc2sccc2C#N)cc1C. The van der Waals surface area contributed by atoms with Crippen molar-refractivity contribution < 1.29 is 4.79 Å². The Bertz CT molecular complexity index is 956. The maximum atomic E-state index is 12.1. The summed E-state index contributed by atoms with van der Waals surface area (Å²) in [7, 11) is 0. The summed E-state index contributed by atoms with van der Waals surface area (Å²) in [6.07, 6.45) is 0. The zero-order chi connectivity index (χ0) is 17.8. The van der Waals surface area contributed by atoms with Crippen LogP contribution >= 0.6 is 23.1 Å². The number of thioether (sulfide) groups is 1. The van der Waals surface area contributed by atoms with Gasteiger partial charge in [0.15, 0.2) is 0 Å². The molecule has 0 aliphatic carbocycles. The van der Waals surface area contributed by atoms with E-state index in [2.05, 4.69) is 20.8 Å². The lowest BCUT2D eigenvalue weighted by atomic mass is 10.1. The maximum absolute atomic E-state index is 12.1. The van der Waals surface area contributed by atoms with E-state index in [4.69, 9.17) is 5.26 Å². The Morgan fingerprint density at radius 2 is 2.20 bits per heavy atom. The van der Waals surface area contributed by atoms with Crippen LogP contribution in [0, 0.1) is 25.2 Å². The first-order valence-corrected chi connectivity index (χ1v) is 9.21. The Kier molecular flexibility index (Phi) is 5.11. The molecule has 1 aromatic carbocycles. The second-order valence-electron chi connectivity index (χ2n) is 5.25. The van der Waals surface area contributed by atoms with Crippen molar-refractivity contribution in [2.45, 2.75) is 19.0 Å². The van der Waals surface area contributed by atoms with Crippen LogP contribution in [0.2, 0.25) is 0 Å². The minimum Gasteiger partial charge on any atom is -0.316 e. The van der Waals surface area contributed by atoms with Crippen LogP contribution in [-0.2, 0) is 4.79 Å². The van der Waals surface area contributed by atoms with E-state index in [1.807, 2.05) is 38.1 Å². The van der Waals surface area contributed by atoms with Gasteiger partial charge in [0.2, 0.25) is 11.1 Å². The molecule has 0 spiro atoms. The Balaban J connectivity index is 1.68. The summed E-state index contributed by atoms with van der Waals surface area (Å²) in [5.41, 5.74) is 3.64. The molecule has 0 unspecified atom stereocenters. The third-order valence-corrected chi connectivity index (χ3v) is 5.30.